The number of carboxylic acid groups (broad SMARTS) is 2. The van der Waals surface area contributed by atoms with Crippen LogP contribution < -0.4 is 10.6 Å². The zero-order valence-electron chi connectivity index (χ0n) is 25.6. The van der Waals surface area contributed by atoms with E-state index in [1.807, 2.05) is 74.5 Å². The summed E-state index contributed by atoms with van der Waals surface area (Å²) < 4.78 is 23.3. The fourth-order valence-corrected chi connectivity index (χ4v) is 7.13. The molecule has 0 unspecified atom stereocenters. The average molecular weight is 705 g/mol. The fourth-order valence-electron chi connectivity index (χ4n) is 3.98. The van der Waals surface area contributed by atoms with Crippen molar-refractivity contribution in [1.29, 1.82) is 0 Å². The van der Waals surface area contributed by atoms with Gasteiger partial charge in [0.05, 0.1) is 11.1 Å². The second-order valence-electron chi connectivity index (χ2n) is 10.8. The normalized spacial score (nSPS) is 11.6. The number of hydrogen-bond acceptors (Lipinski definition) is 11. The third-order valence-electron chi connectivity index (χ3n) is 6.37. The predicted molar refractivity (Wildman–Crippen MR) is 177 cm³/mol. The number of amides is 2. The number of thiazole rings is 2. The molecular weight excluding hydrogens is 673 g/mol. The monoisotopic (exact) mass is 704 g/mol. The van der Waals surface area contributed by atoms with Crippen molar-refractivity contribution in [2.24, 2.45) is 0 Å². The molecule has 4 N–H and O–H groups in total. The lowest BCUT2D eigenvalue weighted by Gasteiger charge is -2.26. The summed E-state index contributed by atoms with van der Waals surface area (Å²) in [4.78, 5) is 54.9. The fraction of sp³-hybridized carbons (Fsp3) is 0.267. The van der Waals surface area contributed by atoms with Crippen LogP contribution in [-0.2, 0) is 20.9 Å². The summed E-state index contributed by atoms with van der Waals surface area (Å²) in [6, 6.07) is 18.6. The minimum atomic E-state index is -3.70. The van der Waals surface area contributed by atoms with Crippen LogP contribution in [0.25, 0.3) is 0 Å². The first kappa shape index (κ1) is 36.3. The molecule has 0 atom stereocenters. The number of carbonyl (C=O) groups excluding carboxylic acids is 2. The highest BCUT2D eigenvalue weighted by molar-refractivity contribution is 8.00. The molecule has 2 aromatic carbocycles. The maximum Gasteiger partial charge on any atom is 0.348 e. The Kier molecular flexibility index (Phi) is 11.5. The van der Waals surface area contributed by atoms with E-state index in [0.717, 1.165) is 28.7 Å². The van der Waals surface area contributed by atoms with Gasteiger partial charge in [-0.2, -0.15) is 0 Å². The number of benzene rings is 2. The molecule has 2 heterocycles. The van der Waals surface area contributed by atoms with E-state index in [-0.39, 0.29) is 10.6 Å². The molecule has 12 nitrogen and oxygen atoms in total. The number of aromatic carboxylic acids is 2. The van der Waals surface area contributed by atoms with Crippen molar-refractivity contribution in [2.45, 2.75) is 47.5 Å². The highest BCUT2D eigenvalue weighted by Gasteiger charge is 2.31. The van der Waals surface area contributed by atoms with Gasteiger partial charge < -0.3 is 20.8 Å². The summed E-state index contributed by atoms with van der Waals surface area (Å²) in [6.45, 7) is 7.24. The van der Waals surface area contributed by atoms with E-state index in [0.29, 0.717) is 15.7 Å². The number of sulfone groups is 1. The van der Waals surface area contributed by atoms with E-state index >= 15 is 0 Å². The molecule has 244 valence electrons. The topological polar surface area (TPSA) is 193 Å². The molecule has 2 amide bonds. The number of nitrogens with one attached hydrogen (secondary N) is 2. The third-order valence-corrected chi connectivity index (χ3v) is 11.1. The summed E-state index contributed by atoms with van der Waals surface area (Å²) >= 11 is 2.79. The van der Waals surface area contributed by atoms with Gasteiger partial charge in [0.15, 0.2) is 15.7 Å². The van der Waals surface area contributed by atoms with E-state index in [4.69, 9.17) is 0 Å². The van der Waals surface area contributed by atoms with Gasteiger partial charge in [0.25, 0.3) is 11.8 Å². The molecule has 2 aromatic heterocycles. The summed E-state index contributed by atoms with van der Waals surface area (Å²) in [5.74, 6) is -3.76. The molecule has 0 spiro atoms. The van der Waals surface area contributed by atoms with Gasteiger partial charge in [-0.25, -0.2) is 28.0 Å². The van der Waals surface area contributed by atoms with Crippen molar-refractivity contribution >= 4 is 68.0 Å². The smallest absolute Gasteiger partial charge is 0.348 e. The number of rotatable bonds is 10. The number of carboxylic acids is 2. The van der Waals surface area contributed by atoms with Crippen LogP contribution in [0.15, 0.2) is 69.3 Å². The van der Waals surface area contributed by atoms with E-state index in [1.165, 1.54) is 11.8 Å². The van der Waals surface area contributed by atoms with Gasteiger partial charge in [0, 0.05) is 6.26 Å². The summed E-state index contributed by atoms with van der Waals surface area (Å²) in [5, 5.41) is 24.0. The van der Waals surface area contributed by atoms with Crippen molar-refractivity contribution in [1.82, 2.24) is 20.6 Å². The van der Waals surface area contributed by atoms with Crippen molar-refractivity contribution < 1.29 is 37.8 Å². The second kappa shape index (κ2) is 14.5. The summed E-state index contributed by atoms with van der Waals surface area (Å²) in [6.07, 6.45) is 2.70. The van der Waals surface area contributed by atoms with Gasteiger partial charge in [0.2, 0.25) is 14.2 Å². The van der Waals surface area contributed by atoms with Crippen LogP contribution in [0, 0.1) is 0 Å². The molecule has 0 radical (unpaired) electrons. The zero-order valence-corrected chi connectivity index (χ0v) is 28.9. The lowest BCUT2D eigenvalue weighted by atomic mass is 9.94. The van der Waals surface area contributed by atoms with Crippen LogP contribution in [0.5, 0.6) is 0 Å². The van der Waals surface area contributed by atoms with Crippen LogP contribution in [0.1, 0.15) is 79.1 Å². The van der Waals surface area contributed by atoms with E-state index in [2.05, 4.69) is 20.6 Å². The van der Waals surface area contributed by atoms with Gasteiger partial charge in [-0.15, -0.1) is 0 Å². The Morgan fingerprint density at radius 2 is 1.11 bits per heavy atom. The number of aromatic nitrogens is 2. The molecule has 0 bridgehead atoms. The minimum Gasteiger partial charge on any atom is -0.477 e. The molecule has 0 aliphatic heterocycles. The van der Waals surface area contributed by atoms with E-state index < -0.39 is 59.6 Å². The standard InChI is InChI=1S/C15H16N2O5S2.C15H16N2O3S2/c1-15(2,9-7-5-4-6-8-9)17-12(18)10-11(13(19)20)23-14(16-10)24(3,21)22;1-15(2,9-7-5-4-6-8-9)17-12(18)10-11(13(19)20)22-14(16-10)21-3/h4-8H,1-3H3,(H,17,18)(H,19,20);4-8H,1-3H3,(H,17,18)(H,19,20). The highest BCUT2D eigenvalue weighted by atomic mass is 32.2. The molecule has 0 fully saturated rings. The average Bonchev–Trinajstić information content (AvgIpc) is 3.64. The van der Waals surface area contributed by atoms with Crippen LogP contribution in [-0.4, -0.2) is 64.9 Å². The Morgan fingerprint density at radius 1 is 0.717 bits per heavy atom. The Bertz CT molecular complexity index is 1850. The van der Waals surface area contributed by atoms with Crippen molar-refractivity contribution in [2.75, 3.05) is 12.5 Å². The van der Waals surface area contributed by atoms with Gasteiger partial charge in [-0.3, -0.25) is 9.59 Å². The van der Waals surface area contributed by atoms with Gasteiger partial charge in [0.1, 0.15) is 9.75 Å². The quantitative estimate of drug-likeness (QED) is 0.160. The van der Waals surface area contributed by atoms with Crippen LogP contribution in [0.4, 0.5) is 0 Å². The van der Waals surface area contributed by atoms with Crippen LogP contribution >= 0.6 is 34.4 Å². The van der Waals surface area contributed by atoms with Crippen molar-refractivity contribution in [3.05, 3.63) is 92.9 Å². The number of carbonyl (C=O) groups is 4. The second-order valence-corrected chi connectivity index (χ2v) is 16.0. The van der Waals surface area contributed by atoms with E-state index in [9.17, 15) is 37.8 Å². The first-order valence-corrected chi connectivity index (χ1v) is 18.1. The Labute approximate surface area is 278 Å². The minimum absolute atomic E-state index is 0.0362. The van der Waals surface area contributed by atoms with E-state index in [1.54, 1.807) is 20.1 Å². The van der Waals surface area contributed by atoms with Gasteiger partial charge in [-0.1, -0.05) is 95.1 Å². The summed E-state index contributed by atoms with van der Waals surface area (Å²) in [7, 11) is -3.70. The predicted octanol–water partition coefficient (Wildman–Crippen LogP) is 5.14. The Balaban J connectivity index is 0.000000251. The maximum absolute atomic E-state index is 12.5. The molecule has 0 aliphatic rings. The molecule has 4 aromatic rings. The lowest BCUT2D eigenvalue weighted by Crippen LogP contribution is -2.41. The first-order valence-electron chi connectivity index (χ1n) is 13.4. The molecule has 0 aliphatic carbocycles. The van der Waals surface area contributed by atoms with Crippen molar-refractivity contribution in [3.63, 3.8) is 0 Å². The van der Waals surface area contributed by atoms with Crippen LogP contribution in [0.3, 0.4) is 0 Å². The van der Waals surface area contributed by atoms with Crippen LogP contribution in [0.2, 0.25) is 0 Å². The lowest BCUT2D eigenvalue weighted by molar-refractivity contribution is 0.0686. The molecule has 16 heteroatoms. The highest BCUT2D eigenvalue weighted by Crippen LogP contribution is 2.28. The Morgan fingerprint density at radius 3 is 1.48 bits per heavy atom. The summed E-state index contributed by atoms with van der Waals surface area (Å²) in [5.41, 5.74) is -0.114. The third kappa shape index (κ3) is 8.99. The first-order chi connectivity index (χ1) is 21.4. The number of nitrogens with zero attached hydrogens (tertiary/aromatic N) is 2. The molecule has 4 rings (SSSR count). The van der Waals surface area contributed by atoms with Gasteiger partial charge in [-0.05, 0) is 45.1 Å². The Hall–Kier alpha value is -4.12. The SMILES string of the molecule is CC(C)(NC(=O)c1nc(S(C)(=O)=O)sc1C(=O)O)c1ccccc1.CSc1nc(C(=O)NC(C)(C)c2ccccc2)c(C(=O)O)s1. The molecule has 0 saturated heterocycles. The number of hydrogen-bond donors (Lipinski definition) is 4. The maximum atomic E-state index is 12.5. The molecule has 0 saturated carbocycles. The number of thioether (sulfide) groups is 1. The largest absolute Gasteiger partial charge is 0.477 e. The zero-order chi connectivity index (χ0) is 34.4. The van der Waals surface area contributed by atoms with Crippen molar-refractivity contribution in [3.8, 4) is 0 Å². The molecule has 46 heavy (non-hydrogen) atoms. The molecular formula is C30H32N4O8S4. The van der Waals surface area contributed by atoms with Gasteiger partial charge >= 0.3 is 11.9 Å².